The highest BCUT2D eigenvalue weighted by Gasteiger charge is 2.37. The average Bonchev–Trinajstić information content (AvgIpc) is 2.97. The van der Waals surface area contributed by atoms with Crippen LogP contribution in [0.3, 0.4) is 0 Å². The van der Waals surface area contributed by atoms with Gasteiger partial charge in [0, 0.05) is 18.8 Å². The van der Waals surface area contributed by atoms with Gasteiger partial charge in [-0.25, -0.2) is 4.99 Å². The average molecular weight is 373 g/mol. The second-order valence-electron chi connectivity index (χ2n) is 7.23. The number of benzene rings is 1. The van der Waals surface area contributed by atoms with E-state index in [1.165, 1.54) is 37.9 Å². The topological polar surface area (TPSA) is 74.1 Å². The molecule has 6 nitrogen and oxygen atoms in total. The Hall–Kier alpha value is -1.54. The van der Waals surface area contributed by atoms with E-state index in [4.69, 9.17) is 16.5 Å². The van der Waals surface area contributed by atoms with E-state index < -0.39 is 0 Å². The molecule has 0 aliphatic carbocycles. The summed E-state index contributed by atoms with van der Waals surface area (Å²) in [7, 11) is 0. The van der Waals surface area contributed by atoms with Crippen LogP contribution in [0.4, 0.5) is 5.69 Å². The van der Waals surface area contributed by atoms with Crippen molar-refractivity contribution in [3.63, 3.8) is 0 Å². The maximum atomic E-state index is 6.57. The molecule has 140 valence electrons. The van der Waals surface area contributed by atoms with Gasteiger partial charge in [0.05, 0.1) is 11.2 Å². The third-order valence-corrected chi connectivity index (χ3v) is 6.50. The van der Waals surface area contributed by atoms with Crippen LogP contribution >= 0.6 is 11.8 Å². The molecule has 0 radical (unpaired) electrons. The minimum Gasteiger partial charge on any atom is -0.330 e. The summed E-state index contributed by atoms with van der Waals surface area (Å²) in [5.41, 5.74) is 15.1. The molecule has 0 aromatic heterocycles. The van der Waals surface area contributed by atoms with Crippen molar-refractivity contribution in [1.82, 2.24) is 9.80 Å². The minimum atomic E-state index is -0.236. The highest BCUT2D eigenvalue weighted by atomic mass is 32.2. The Morgan fingerprint density at radius 1 is 1.15 bits per heavy atom. The van der Waals surface area contributed by atoms with Gasteiger partial charge in [-0.2, -0.15) is 0 Å². The quantitative estimate of drug-likeness (QED) is 0.843. The van der Waals surface area contributed by atoms with E-state index in [-0.39, 0.29) is 11.7 Å². The van der Waals surface area contributed by atoms with Crippen LogP contribution in [0.1, 0.15) is 24.8 Å². The summed E-state index contributed by atoms with van der Waals surface area (Å²) in [4.78, 5) is 12.6. The van der Waals surface area contributed by atoms with Crippen LogP contribution in [-0.2, 0) is 0 Å². The molecule has 3 aliphatic rings. The molecule has 1 saturated heterocycles. The molecule has 1 aromatic carbocycles. The summed E-state index contributed by atoms with van der Waals surface area (Å²) >= 11 is 1.64. The van der Waals surface area contributed by atoms with Crippen LogP contribution in [0.25, 0.3) is 0 Å². The summed E-state index contributed by atoms with van der Waals surface area (Å²) in [6.45, 7) is 6.43. The lowest BCUT2D eigenvalue weighted by atomic mass is 10.1. The van der Waals surface area contributed by atoms with Crippen LogP contribution in [0.5, 0.6) is 0 Å². The van der Waals surface area contributed by atoms with E-state index in [2.05, 4.69) is 34.9 Å². The first kappa shape index (κ1) is 17.9. The zero-order valence-corrected chi connectivity index (χ0v) is 16.2. The molecule has 0 amide bonds. The fraction of sp³-hybridized carbons (Fsp3) is 0.526. The van der Waals surface area contributed by atoms with Crippen molar-refractivity contribution in [3.05, 3.63) is 40.6 Å². The number of piperidine rings is 1. The van der Waals surface area contributed by atoms with Crippen LogP contribution in [0, 0.1) is 6.92 Å². The predicted molar refractivity (Wildman–Crippen MR) is 110 cm³/mol. The van der Waals surface area contributed by atoms with Crippen molar-refractivity contribution >= 4 is 23.8 Å². The lowest BCUT2D eigenvalue weighted by molar-refractivity contribution is 0.196. The van der Waals surface area contributed by atoms with E-state index in [1.807, 2.05) is 17.3 Å². The van der Waals surface area contributed by atoms with Crippen LogP contribution in [-0.4, -0.2) is 54.0 Å². The Morgan fingerprint density at radius 2 is 1.96 bits per heavy atom. The fourth-order valence-corrected chi connectivity index (χ4v) is 4.97. The molecule has 3 aliphatic heterocycles. The van der Waals surface area contributed by atoms with Gasteiger partial charge in [-0.3, -0.25) is 0 Å². The van der Waals surface area contributed by atoms with Crippen molar-refractivity contribution in [2.75, 3.05) is 31.1 Å². The summed E-state index contributed by atoms with van der Waals surface area (Å²) in [5, 5.41) is 0. The highest BCUT2D eigenvalue weighted by molar-refractivity contribution is 8.03. The van der Waals surface area contributed by atoms with Crippen LogP contribution in [0.2, 0.25) is 0 Å². The maximum absolute atomic E-state index is 6.57. The zero-order chi connectivity index (χ0) is 18.1. The molecule has 2 atom stereocenters. The zero-order valence-electron chi connectivity index (χ0n) is 15.3. The molecule has 4 rings (SSSR count). The third kappa shape index (κ3) is 3.49. The molecule has 26 heavy (non-hydrogen) atoms. The molecule has 0 bridgehead atoms. The number of nitrogens with zero attached hydrogens (tertiary/aromatic N) is 4. The Bertz CT molecular complexity index is 712. The second-order valence-corrected chi connectivity index (χ2v) is 8.39. The molecule has 1 fully saturated rings. The van der Waals surface area contributed by atoms with Gasteiger partial charge < -0.3 is 26.2 Å². The predicted octanol–water partition coefficient (Wildman–Crippen LogP) is 2.07. The number of aliphatic imine (C=N–C) groups is 1. The van der Waals surface area contributed by atoms with Gasteiger partial charge in [0.1, 0.15) is 17.5 Å². The van der Waals surface area contributed by atoms with E-state index in [0.29, 0.717) is 0 Å². The highest BCUT2D eigenvalue weighted by Crippen LogP contribution is 2.40. The number of thioether (sulfide) groups is 1. The summed E-state index contributed by atoms with van der Waals surface area (Å²) in [6.07, 6.45) is 5.59. The van der Waals surface area contributed by atoms with Gasteiger partial charge in [-0.1, -0.05) is 30.3 Å². The van der Waals surface area contributed by atoms with Gasteiger partial charge in [0.25, 0.3) is 0 Å². The Balaban J connectivity index is 1.47. The lowest BCUT2D eigenvalue weighted by Crippen LogP contribution is -2.45. The first-order valence-electron chi connectivity index (χ1n) is 9.44. The smallest absolute Gasteiger partial charge is 0.145 e. The molecule has 0 saturated carbocycles. The first-order valence-corrected chi connectivity index (χ1v) is 10.3. The fourth-order valence-electron chi connectivity index (χ4n) is 3.84. The van der Waals surface area contributed by atoms with E-state index in [9.17, 15) is 0 Å². The monoisotopic (exact) mass is 372 g/mol. The number of aryl methyl sites for hydroxylation is 1. The Labute approximate surface area is 159 Å². The van der Waals surface area contributed by atoms with Crippen molar-refractivity contribution in [1.29, 1.82) is 0 Å². The SMILES string of the molecule is Cc1cccc(N2C=NC3=C(SC(N)N3CCN3CCCCC3)C2N)c1. The number of hydrogen-bond donors (Lipinski definition) is 2. The summed E-state index contributed by atoms with van der Waals surface area (Å²) < 4.78 is 0. The van der Waals surface area contributed by atoms with Crippen LogP contribution in [0.15, 0.2) is 40.0 Å². The molecule has 7 heteroatoms. The van der Waals surface area contributed by atoms with E-state index in [1.54, 1.807) is 11.8 Å². The molecule has 2 unspecified atom stereocenters. The van der Waals surface area contributed by atoms with Crippen molar-refractivity contribution < 1.29 is 0 Å². The molecular formula is C19H28N6S. The molecule has 1 aromatic rings. The molecule has 0 spiro atoms. The van der Waals surface area contributed by atoms with Gasteiger partial charge >= 0.3 is 0 Å². The number of nitrogens with two attached hydrogens (primary N) is 2. The first-order chi connectivity index (χ1) is 12.6. The Kier molecular flexibility index (Phi) is 5.22. The second kappa shape index (κ2) is 7.60. The molecular weight excluding hydrogens is 344 g/mol. The van der Waals surface area contributed by atoms with Crippen molar-refractivity contribution in [3.8, 4) is 0 Å². The van der Waals surface area contributed by atoms with Gasteiger partial charge in [-0.05, 0) is 50.6 Å². The van der Waals surface area contributed by atoms with Gasteiger partial charge in [-0.15, -0.1) is 0 Å². The number of hydrogen-bond acceptors (Lipinski definition) is 7. The number of likely N-dealkylation sites (tertiary alicyclic amines) is 1. The standard InChI is InChI=1S/C19H28N6S/c1-14-6-5-7-15(12-14)25-13-22-18-16(17(25)20)26-19(21)24(18)11-10-23-8-3-2-4-9-23/h5-7,12-13,17,19H,2-4,8-11,20-21H2,1H3. The van der Waals surface area contributed by atoms with Crippen molar-refractivity contribution in [2.24, 2.45) is 16.5 Å². The minimum absolute atomic E-state index is 0.106. The lowest BCUT2D eigenvalue weighted by Gasteiger charge is -2.33. The molecule has 3 heterocycles. The largest absolute Gasteiger partial charge is 0.330 e. The van der Waals surface area contributed by atoms with E-state index in [0.717, 1.165) is 29.5 Å². The summed E-state index contributed by atoms with van der Waals surface area (Å²) in [5.74, 6) is 0.955. The summed E-state index contributed by atoms with van der Waals surface area (Å²) in [6, 6.07) is 8.33. The normalized spacial score (nSPS) is 26.6. The molecule has 4 N–H and O–H groups in total. The number of anilines is 1. The Morgan fingerprint density at radius 3 is 2.73 bits per heavy atom. The van der Waals surface area contributed by atoms with Crippen molar-refractivity contribution in [2.45, 2.75) is 37.8 Å². The van der Waals surface area contributed by atoms with Gasteiger partial charge in [0.2, 0.25) is 0 Å². The number of rotatable bonds is 4. The van der Waals surface area contributed by atoms with E-state index >= 15 is 0 Å². The maximum Gasteiger partial charge on any atom is 0.145 e. The third-order valence-electron chi connectivity index (χ3n) is 5.33. The van der Waals surface area contributed by atoms with Gasteiger partial charge in [0.15, 0.2) is 0 Å². The van der Waals surface area contributed by atoms with Crippen LogP contribution < -0.4 is 16.4 Å².